The van der Waals surface area contributed by atoms with Gasteiger partial charge < -0.3 is 5.73 Å². The van der Waals surface area contributed by atoms with Crippen molar-refractivity contribution >= 4 is 0 Å². The smallest absolute Gasteiger partial charge is 0.0246 e. The van der Waals surface area contributed by atoms with Gasteiger partial charge >= 0.3 is 0 Å². The van der Waals surface area contributed by atoms with E-state index in [1.54, 1.807) is 0 Å². The van der Waals surface area contributed by atoms with Gasteiger partial charge in [-0.25, -0.2) is 0 Å². The lowest BCUT2D eigenvalue weighted by Crippen LogP contribution is -2.50. The first-order valence-electron chi connectivity index (χ1n) is 7.88. The average molecular weight is 254 g/mol. The summed E-state index contributed by atoms with van der Waals surface area (Å²) in [4.78, 5) is 2.67. The van der Waals surface area contributed by atoms with Crippen molar-refractivity contribution in [2.24, 2.45) is 23.0 Å². The molecular weight excluding hydrogens is 220 g/mol. The predicted molar refractivity (Wildman–Crippen MR) is 80.7 cm³/mol. The molecule has 1 atom stereocenters. The quantitative estimate of drug-likeness (QED) is 0.813. The van der Waals surface area contributed by atoms with Gasteiger partial charge in [-0.15, -0.1) is 0 Å². The zero-order valence-corrected chi connectivity index (χ0v) is 13.2. The number of nitrogens with zero attached hydrogens (tertiary/aromatic N) is 1. The van der Waals surface area contributed by atoms with Crippen molar-refractivity contribution in [1.82, 2.24) is 4.90 Å². The third-order valence-corrected chi connectivity index (χ3v) is 5.06. The number of rotatable bonds is 5. The molecule has 2 nitrogen and oxygen atoms in total. The molecule has 18 heavy (non-hydrogen) atoms. The predicted octanol–water partition coefficient (Wildman–Crippen LogP) is 3.51. The summed E-state index contributed by atoms with van der Waals surface area (Å²) >= 11 is 0. The summed E-state index contributed by atoms with van der Waals surface area (Å²) in [6, 6.07) is 0.612. The minimum absolute atomic E-state index is 0.471. The highest BCUT2D eigenvalue weighted by Gasteiger charge is 2.32. The van der Waals surface area contributed by atoms with Gasteiger partial charge in [-0.05, 0) is 43.2 Å². The Morgan fingerprint density at radius 2 is 1.61 bits per heavy atom. The minimum atomic E-state index is 0.471. The lowest BCUT2D eigenvalue weighted by Gasteiger charge is -2.43. The second-order valence-electron chi connectivity index (χ2n) is 7.06. The molecule has 0 saturated carbocycles. The molecule has 2 N–H and O–H groups in total. The molecule has 0 aromatic carbocycles. The van der Waals surface area contributed by atoms with Crippen LogP contribution in [0.4, 0.5) is 0 Å². The molecule has 108 valence electrons. The van der Waals surface area contributed by atoms with Crippen LogP contribution >= 0.6 is 0 Å². The molecule has 1 heterocycles. The zero-order chi connectivity index (χ0) is 13.8. The second-order valence-corrected chi connectivity index (χ2v) is 7.06. The van der Waals surface area contributed by atoms with Crippen LogP contribution in [0.15, 0.2) is 0 Å². The molecular formula is C16H34N2. The molecule has 0 aliphatic carbocycles. The Bertz CT molecular complexity index is 220. The summed E-state index contributed by atoms with van der Waals surface area (Å²) in [6.45, 7) is 15.1. The standard InChI is InChI=1S/C16H34N2/c1-6-13(7-2)15(12-17)18-10-8-14(9-11-18)16(3,4)5/h13-15H,6-12,17H2,1-5H3. The van der Waals surface area contributed by atoms with Crippen LogP contribution in [-0.4, -0.2) is 30.6 Å². The lowest BCUT2D eigenvalue weighted by atomic mass is 9.75. The summed E-state index contributed by atoms with van der Waals surface area (Å²) in [5, 5.41) is 0. The van der Waals surface area contributed by atoms with Crippen LogP contribution in [0.2, 0.25) is 0 Å². The topological polar surface area (TPSA) is 29.3 Å². The third kappa shape index (κ3) is 3.96. The largest absolute Gasteiger partial charge is 0.329 e. The number of likely N-dealkylation sites (tertiary alicyclic amines) is 1. The summed E-state index contributed by atoms with van der Waals surface area (Å²) in [7, 11) is 0. The van der Waals surface area contributed by atoms with Crippen molar-refractivity contribution in [3.05, 3.63) is 0 Å². The van der Waals surface area contributed by atoms with Crippen molar-refractivity contribution in [1.29, 1.82) is 0 Å². The normalized spacial score (nSPS) is 21.5. The maximum absolute atomic E-state index is 6.03. The Balaban J connectivity index is 2.55. The molecule has 1 saturated heterocycles. The van der Waals surface area contributed by atoms with Crippen molar-refractivity contribution in [2.45, 2.75) is 66.3 Å². The van der Waals surface area contributed by atoms with E-state index in [-0.39, 0.29) is 0 Å². The van der Waals surface area contributed by atoms with E-state index in [4.69, 9.17) is 5.73 Å². The van der Waals surface area contributed by atoms with Gasteiger partial charge in [0, 0.05) is 12.6 Å². The highest BCUT2D eigenvalue weighted by molar-refractivity contribution is 4.86. The fourth-order valence-corrected chi connectivity index (χ4v) is 3.57. The highest BCUT2D eigenvalue weighted by Crippen LogP contribution is 2.35. The first kappa shape index (κ1) is 16.0. The SMILES string of the molecule is CCC(CC)C(CN)N1CCC(C(C)(C)C)CC1. The molecule has 1 fully saturated rings. The number of nitrogens with two attached hydrogens (primary N) is 1. The van der Waals surface area contributed by atoms with Gasteiger partial charge in [0.15, 0.2) is 0 Å². The van der Waals surface area contributed by atoms with Crippen molar-refractivity contribution in [3.63, 3.8) is 0 Å². The van der Waals surface area contributed by atoms with E-state index in [0.29, 0.717) is 11.5 Å². The van der Waals surface area contributed by atoms with Gasteiger partial charge in [0.05, 0.1) is 0 Å². The van der Waals surface area contributed by atoms with Crippen LogP contribution in [0, 0.1) is 17.3 Å². The Morgan fingerprint density at radius 3 is 1.94 bits per heavy atom. The molecule has 0 aromatic heterocycles. The van der Waals surface area contributed by atoms with Gasteiger partial charge in [0.25, 0.3) is 0 Å². The first-order chi connectivity index (χ1) is 8.43. The van der Waals surface area contributed by atoms with Crippen LogP contribution in [0.25, 0.3) is 0 Å². The molecule has 1 rings (SSSR count). The highest BCUT2D eigenvalue weighted by atomic mass is 15.2. The van der Waals surface area contributed by atoms with Crippen molar-refractivity contribution in [3.8, 4) is 0 Å². The van der Waals surface area contributed by atoms with E-state index in [1.807, 2.05) is 0 Å². The van der Waals surface area contributed by atoms with Crippen molar-refractivity contribution < 1.29 is 0 Å². The average Bonchev–Trinajstić information content (AvgIpc) is 2.35. The fraction of sp³-hybridized carbons (Fsp3) is 1.00. The lowest BCUT2D eigenvalue weighted by molar-refractivity contribution is 0.0609. The van der Waals surface area contributed by atoms with Gasteiger partial charge in [0.2, 0.25) is 0 Å². The monoisotopic (exact) mass is 254 g/mol. The zero-order valence-electron chi connectivity index (χ0n) is 13.2. The summed E-state index contributed by atoms with van der Waals surface area (Å²) < 4.78 is 0. The van der Waals surface area contributed by atoms with Gasteiger partial charge in [-0.1, -0.05) is 47.5 Å². The van der Waals surface area contributed by atoms with Gasteiger partial charge in [0.1, 0.15) is 0 Å². The molecule has 0 spiro atoms. The van der Waals surface area contributed by atoms with Crippen LogP contribution in [0.1, 0.15) is 60.3 Å². The maximum atomic E-state index is 6.03. The summed E-state index contributed by atoms with van der Waals surface area (Å²) in [5.74, 6) is 1.66. The first-order valence-corrected chi connectivity index (χ1v) is 7.88. The number of hydrogen-bond acceptors (Lipinski definition) is 2. The van der Waals surface area contributed by atoms with E-state index in [0.717, 1.165) is 18.4 Å². The molecule has 0 aromatic rings. The molecule has 0 radical (unpaired) electrons. The van der Waals surface area contributed by atoms with E-state index in [9.17, 15) is 0 Å². The third-order valence-electron chi connectivity index (χ3n) is 5.06. The Hall–Kier alpha value is -0.0800. The van der Waals surface area contributed by atoms with Crippen LogP contribution in [0.5, 0.6) is 0 Å². The van der Waals surface area contributed by atoms with E-state index in [1.165, 1.54) is 38.8 Å². The van der Waals surface area contributed by atoms with Crippen LogP contribution in [-0.2, 0) is 0 Å². The Kier molecular flexibility index (Phi) is 6.13. The molecule has 0 amide bonds. The summed E-state index contributed by atoms with van der Waals surface area (Å²) in [6.07, 6.45) is 5.22. The van der Waals surface area contributed by atoms with E-state index < -0.39 is 0 Å². The minimum Gasteiger partial charge on any atom is -0.329 e. The van der Waals surface area contributed by atoms with Gasteiger partial charge in [-0.2, -0.15) is 0 Å². The molecule has 2 heteroatoms. The number of hydrogen-bond donors (Lipinski definition) is 1. The molecule has 1 aliphatic heterocycles. The Morgan fingerprint density at radius 1 is 1.11 bits per heavy atom. The Labute approximate surface area is 114 Å². The maximum Gasteiger partial charge on any atom is 0.0246 e. The van der Waals surface area contributed by atoms with Crippen LogP contribution in [0.3, 0.4) is 0 Å². The molecule has 0 bridgehead atoms. The second kappa shape index (κ2) is 6.91. The fourth-order valence-electron chi connectivity index (χ4n) is 3.57. The van der Waals surface area contributed by atoms with Crippen molar-refractivity contribution in [2.75, 3.05) is 19.6 Å². The molecule has 1 unspecified atom stereocenters. The van der Waals surface area contributed by atoms with Crippen LogP contribution < -0.4 is 5.73 Å². The summed E-state index contributed by atoms with van der Waals surface area (Å²) in [5.41, 5.74) is 6.51. The van der Waals surface area contributed by atoms with E-state index in [2.05, 4.69) is 39.5 Å². The number of piperidine rings is 1. The van der Waals surface area contributed by atoms with E-state index >= 15 is 0 Å². The van der Waals surface area contributed by atoms with Gasteiger partial charge in [-0.3, -0.25) is 4.90 Å². The molecule has 1 aliphatic rings.